The Morgan fingerprint density at radius 3 is 2.85 bits per heavy atom. The third-order valence-electron chi connectivity index (χ3n) is 5.23. The summed E-state index contributed by atoms with van der Waals surface area (Å²) in [5, 5.41) is 27.4. The molecule has 0 spiro atoms. The Balaban J connectivity index is 1.48. The minimum Gasteiger partial charge on any atom is -0.477 e. The van der Waals surface area contributed by atoms with Gasteiger partial charge in [0.25, 0.3) is 5.91 Å². The highest BCUT2D eigenvalue weighted by Crippen LogP contribution is 2.41. The lowest BCUT2D eigenvalue weighted by molar-refractivity contribution is -0.150. The first kappa shape index (κ1) is 24.1. The number of aryl methyl sites for hydroxylation is 1. The molecule has 1 saturated heterocycles. The second kappa shape index (κ2) is 10.1. The average molecular weight is 524 g/mol. The summed E-state index contributed by atoms with van der Waals surface area (Å²) in [6, 6.07) is 0.550. The SMILES string of the molecule is CCc1n[nH]nc1SCC1=C(C(=O)O)N2C(=O)[C@@H](NC(=O)C(NC(N)=O)c3cccs3)C2SC1. The number of aromatic nitrogens is 3. The van der Waals surface area contributed by atoms with Crippen molar-refractivity contribution >= 4 is 58.7 Å². The first-order valence-electron chi connectivity index (χ1n) is 10.1. The Morgan fingerprint density at radius 2 is 2.21 bits per heavy atom. The van der Waals surface area contributed by atoms with Crippen LogP contribution in [0.15, 0.2) is 33.8 Å². The molecule has 0 bridgehead atoms. The van der Waals surface area contributed by atoms with Crippen molar-refractivity contribution in [3.8, 4) is 0 Å². The first-order valence-corrected chi connectivity index (χ1v) is 13.0. The maximum Gasteiger partial charge on any atom is 0.352 e. The van der Waals surface area contributed by atoms with E-state index in [9.17, 15) is 24.3 Å². The lowest BCUT2D eigenvalue weighted by atomic mass is 10.0. The number of aliphatic carboxylic acids is 1. The fourth-order valence-corrected chi connectivity index (χ4v) is 6.90. The largest absolute Gasteiger partial charge is 0.477 e. The number of carboxylic acid groups (broad SMARTS) is 1. The van der Waals surface area contributed by atoms with Gasteiger partial charge in [0.1, 0.15) is 28.2 Å². The fourth-order valence-electron chi connectivity index (χ4n) is 3.64. The molecule has 0 saturated carbocycles. The number of nitrogens with two attached hydrogens (primary N) is 1. The van der Waals surface area contributed by atoms with Crippen molar-refractivity contribution in [2.75, 3.05) is 11.5 Å². The van der Waals surface area contributed by atoms with Gasteiger partial charge in [-0.3, -0.25) is 14.5 Å². The Morgan fingerprint density at radius 1 is 1.41 bits per heavy atom. The summed E-state index contributed by atoms with van der Waals surface area (Å²) >= 11 is 3.98. The number of H-pyrrole nitrogens is 1. The standard InChI is InChI=1S/C19H21N7O5S3/c1-2-9-15(24-25-23-9)33-6-8-7-34-17-12(16(28)26(17)13(8)18(29)30)21-14(27)11(22-19(20)31)10-4-3-5-32-10/h3-5,11-12,17H,2,6-7H2,1H3,(H,21,27)(H,29,30)(H3,20,22,31)(H,23,24,25)/t11?,12-,17?/m1/s1. The number of β-lactam (4-membered cyclic amide) rings is 1. The van der Waals surface area contributed by atoms with Crippen LogP contribution in [0.4, 0.5) is 4.79 Å². The van der Waals surface area contributed by atoms with Crippen LogP contribution in [-0.4, -0.2) is 72.2 Å². The van der Waals surface area contributed by atoms with Crippen molar-refractivity contribution in [2.45, 2.75) is 35.8 Å². The molecule has 15 heteroatoms. The Bertz CT molecular complexity index is 1150. The van der Waals surface area contributed by atoms with Gasteiger partial charge < -0.3 is 21.5 Å². The van der Waals surface area contributed by atoms with E-state index < -0.39 is 41.3 Å². The Kier molecular flexibility index (Phi) is 7.13. The topological polar surface area (TPSA) is 183 Å². The zero-order chi connectivity index (χ0) is 24.4. The molecule has 2 aliphatic rings. The highest BCUT2D eigenvalue weighted by Gasteiger charge is 2.54. The molecule has 0 aliphatic carbocycles. The highest BCUT2D eigenvalue weighted by molar-refractivity contribution is 8.01. The fraction of sp³-hybridized carbons (Fsp3) is 0.368. The minimum absolute atomic E-state index is 0.0710. The number of carbonyl (C=O) groups is 4. The number of hydrogen-bond acceptors (Lipinski definition) is 9. The normalized spacial score (nSPS) is 20.4. The van der Waals surface area contributed by atoms with Crippen LogP contribution < -0.4 is 16.4 Å². The van der Waals surface area contributed by atoms with E-state index in [1.54, 1.807) is 17.5 Å². The second-order valence-electron chi connectivity index (χ2n) is 7.33. The maximum atomic E-state index is 12.9. The summed E-state index contributed by atoms with van der Waals surface area (Å²) in [5.74, 6) is -1.61. The summed E-state index contributed by atoms with van der Waals surface area (Å²) in [6.45, 7) is 1.94. The number of thiophene rings is 1. The molecule has 12 nitrogen and oxygen atoms in total. The van der Waals surface area contributed by atoms with Crippen LogP contribution in [0.3, 0.4) is 0 Å². The van der Waals surface area contributed by atoms with E-state index in [1.807, 2.05) is 6.92 Å². The van der Waals surface area contributed by atoms with Gasteiger partial charge in [-0.2, -0.15) is 10.3 Å². The minimum atomic E-state index is -1.21. The molecule has 4 rings (SSSR count). The molecular weight excluding hydrogens is 502 g/mol. The molecule has 6 N–H and O–H groups in total. The van der Waals surface area contributed by atoms with Crippen molar-refractivity contribution in [2.24, 2.45) is 5.73 Å². The molecule has 180 valence electrons. The van der Waals surface area contributed by atoms with Crippen LogP contribution in [-0.2, 0) is 20.8 Å². The number of hydrogen-bond donors (Lipinski definition) is 5. The summed E-state index contributed by atoms with van der Waals surface area (Å²) in [7, 11) is 0. The number of amides is 4. The molecule has 0 radical (unpaired) electrons. The van der Waals surface area contributed by atoms with Crippen LogP contribution in [0, 0.1) is 0 Å². The molecule has 34 heavy (non-hydrogen) atoms. The number of thioether (sulfide) groups is 2. The van der Waals surface area contributed by atoms with Crippen molar-refractivity contribution in [3.05, 3.63) is 39.4 Å². The van der Waals surface area contributed by atoms with Gasteiger partial charge >= 0.3 is 12.0 Å². The summed E-state index contributed by atoms with van der Waals surface area (Å²) in [5.41, 5.74) is 6.52. The van der Waals surface area contributed by atoms with E-state index in [0.717, 1.165) is 5.69 Å². The van der Waals surface area contributed by atoms with Gasteiger partial charge in [-0.1, -0.05) is 24.8 Å². The molecule has 4 heterocycles. The van der Waals surface area contributed by atoms with Gasteiger partial charge in [-0.05, 0) is 23.4 Å². The van der Waals surface area contributed by atoms with E-state index in [0.29, 0.717) is 33.4 Å². The zero-order valence-corrected chi connectivity index (χ0v) is 20.3. The zero-order valence-electron chi connectivity index (χ0n) is 17.8. The molecule has 2 aromatic heterocycles. The van der Waals surface area contributed by atoms with Crippen LogP contribution in [0.2, 0.25) is 0 Å². The highest BCUT2D eigenvalue weighted by atomic mass is 32.2. The van der Waals surface area contributed by atoms with Crippen molar-refractivity contribution in [1.82, 2.24) is 30.9 Å². The van der Waals surface area contributed by atoms with Gasteiger partial charge in [0.15, 0.2) is 0 Å². The van der Waals surface area contributed by atoms with Gasteiger partial charge in [0.2, 0.25) is 5.91 Å². The first-order chi connectivity index (χ1) is 16.3. The smallest absolute Gasteiger partial charge is 0.352 e. The lowest BCUT2D eigenvalue weighted by Crippen LogP contribution is -2.71. The van der Waals surface area contributed by atoms with Gasteiger partial charge in [0, 0.05) is 16.4 Å². The number of urea groups is 1. The second-order valence-corrected chi connectivity index (χ2v) is 10.4. The number of primary amides is 1. The third-order valence-corrected chi connectivity index (χ3v) is 8.60. The number of rotatable bonds is 9. The molecule has 2 unspecified atom stereocenters. The molecular formula is C19H21N7O5S3. The number of aromatic amines is 1. The molecule has 2 aromatic rings. The molecule has 3 atom stereocenters. The Labute approximate surface area is 206 Å². The van der Waals surface area contributed by atoms with Crippen LogP contribution in [0.1, 0.15) is 23.5 Å². The van der Waals surface area contributed by atoms with Gasteiger partial charge in [0.05, 0.1) is 5.69 Å². The predicted octanol–water partition coefficient (Wildman–Crippen LogP) is 0.669. The van der Waals surface area contributed by atoms with E-state index in [-0.39, 0.29) is 5.70 Å². The number of nitrogens with zero attached hydrogens (tertiary/aromatic N) is 3. The van der Waals surface area contributed by atoms with Gasteiger partial charge in [-0.15, -0.1) is 28.2 Å². The number of nitrogens with one attached hydrogen (secondary N) is 3. The number of fused-ring (bicyclic) bond motifs is 1. The average Bonchev–Trinajstić information content (AvgIpc) is 3.50. The summed E-state index contributed by atoms with van der Waals surface area (Å²) < 4.78 is 0. The number of carboxylic acids is 1. The third kappa shape index (κ3) is 4.63. The van der Waals surface area contributed by atoms with E-state index in [1.165, 1.54) is 39.8 Å². The molecule has 1 fully saturated rings. The van der Waals surface area contributed by atoms with Crippen molar-refractivity contribution in [3.63, 3.8) is 0 Å². The van der Waals surface area contributed by atoms with Crippen LogP contribution in [0.5, 0.6) is 0 Å². The summed E-state index contributed by atoms with van der Waals surface area (Å²) in [6.07, 6.45) is 0.684. The van der Waals surface area contributed by atoms with Crippen LogP contribution >= 0.6 is 34.9 Å². The van der Waals surface area contributed by atoms with Gasteiger partial charge in [-0.25, -0.2) is 9.59 Å². The quantitative estimate of drug-likeness (QED) is 0.233. The number of carbonyl (C=O) groups excluding carboxylic acids is 3. The van der Waals surface area contributed by atoms with Crippen LogP contribution in [0.25, 0.3) is 0 Å². The molecule has 2 aliphatic heterocycles. The van der Waals surface area contributed by atoms with E-state index in [2.05, 4.69) is 26.0 Å². The van der Waals surface area contributed by atoms with E-state index >= 15 is 0 Å². The maximum absolute atomic E-state index is 12.9. The molecule has 0 aromatic carbocycles. The van der Waals surface area contributed by atoms with Crippen molar-refractivity contribution in [1.29, 1.82) is 0 Å². The van der Waals surface area contributed by atoms with Crippen molar-refractivity contribution < 1.29 is 24.3 Å². The predicted molar refractivity (Wildman–Crippen MR) is 126 cm³/mol. The molecule has 4 amide bonds. The Hall–Kier alpha value is -3.04. The summed E-state index contributed by atoms with van der Waals surface area (Å²) in [4.78, 5) is 51.0. The lowest BCUT2D eigenvalue weighted by Gasteiger charge is -2.49. The monoisotopic (exact) mass is 523 g/mol. The van der Waals surface area contributed by atoms with E-state index in [4.69, 9.17) is 5.73 Å².